The molecule has 0 amide bonds. The van der Waals surface area contributed by atoms with Gasteiger partial charge in [-0.05, 0) is 36.5 Å². The molecule has 0 spiro atoms. The standard InChI is InChI=1S/C20H33NO3Si/c1-19(2,3)25(4,5)24-16-20(11-12-20)15-21(14-18(22)23)13-17-9-7-6-8-10-17/h6-10H,11-16H2,1-5H3,(H,22,23). The third-order valence-electron chi connectivity index (χ3n) is 5.67. The molecular formula is C20H33NO3Si. The number of hydrogen-bond donors (Lipinski definition) is 1. The van der Waals surface area contributed by atoms with Gasteiger partial charge in [0.15, 0.2) is 8.32 Å². The minimum absolute atomic E-state index is 0.0801. The lowest BCUT2D eigenvalue weighted by atomic mass is 10.1. The van der Waals surface area contributed by atoms with Gasteiger partial charge in [-0.1, -0.05) is 51.1 Å². The van der Waals surface area contributed by atoms with Crippen LogP contribution in [0.5, 0.6) is 0 Å². The zero-order valence-electron chi connectivity index (χ0n) is 16.3. The highest BCUT2D eigenvalue weighted by molar-refractivity contribution is 6.74. The maximum Gasteiger partial charge on any atom is 0.317 e. The zero-order chi connectivity index (χ0) is 18.7. The van der Waals surface area contributed by atoms with Crippen LogP contribution in [0.25, 0.3) is 0 Å². The molecule has 140 valence electrons. The second kappa shape index (κ2) is 7.60. The van der Waals surface area contributed by atoms with Crippen molar-refractivity contribution in [3.8, 4) is 0 Å². The van der Waals surface area contributed by atoms with Crippen LogP contribution < -0.4 is 0 Å². The molecule has 0 aliphatic heterocycles. The van der Waals surface area contributed by atoms with Gasteiger partial charge in [0.05, 0.1) is 6.54 Å². The minimum atomic E-state index is -1.77. The molecule has 1 aliphatic carbocycles. The second-order valence-electron chi connectivity index (χ2n) is 9.07. The quantitative estimate of drug-likeness (QED) is 0.662. The third kappa shape index (κ3) is 5.94. The largest absolute Gasteiger partial charge is 0.480 e. The molecule has 0 saturated heterocycles. The Balaban J connectivity index is 1.99. The summed E-state index contributed by atoms with van der Waals surface area (Å²) in [7, 11) is -1.77. The Hall–Kier alpha value is -1.17. The molecule has 1 saturated carbocycles. The molecule has 25 heavy (non-hydrogen) atoms. The molecule has 5 heteroatoms. The summed E-state index contributed by atoms with van der Waals surface area (Å²) in [6.07, 6.45) is 2.26. The summed E-state index contributed by atoms with van der Waals surface area (Å²) < 4.78 is 6.44. The molecule has 4 nitrogen and oxygen atoms in total. The van der Waals surface area contributed by atoms with Crippen LogP contribution in [0.4, 0.5) is 0 Å². The average Bonchev–Trinajstić information content (AvgIpc) is 3.24. The van der Waals surface area contributed by atoms with E-state index in [0.29, 0.717) is 6.54 Å². The summed E-state index contributed by atoms with van der Waals surface area (Å²) in [5, 5.41) is 9.48. The van der Waals surface area contributed by atoms with Crippen molar-refractivity contribution in [2.75, 3.05) is 19.7 Å². The van der Waals surface area contributed by atoms with Crippen molar-refractivity contribution in [1.82, 2.24) is 4.90 Å². The van der Waals surface area contributed by atoms with Crippen molar-refractivity contribution in [3.63, 3.8) is 0 Å². The molecule has 0 unspecified atom stereocenters. The highest BCUT2D eigenvalue weighted by Gasteiger charge is 2.47. The van der Waals surface area contributed by atoms with Gasteiger partial charge in [0.1, 0.15) is 0 Å². The number of aliphatic carboxylic acids is 1. The maximum absolute atomic E-state index is 11.3. The van der Waals surface area contributed by atoms with E-state index in [-0.39, 0.29) is 17.0 Å². The summed E-state index contributed by atoms with van der Waals surface area (Å²) in [6, 6.07) is 10.1. The van der Waals surface area contributed by atoms with Gasteiger partial charge in [0, 0.05) is 25.1 Å². The fraction of sp³-hybridized carbons (Fsp3) is 0.650. The molecule has 0 heterocycles. The summed E-state index contributed by atoms with van der Waals surface area (Å²) in [4.78, 5) is 13.3. The SMILES string of the molecule is CC(C)(C)[Si](C)(C)OCC1(CN(CC(=O)O)Cc2ccccc2)CC1. The van der Waals surface area contributed by atoms with Gasteiger partial charge in [0.25, 0.3) is 0 Å². The number of carboxylic acid groups (broad SMARTS) is 1. The van der Waals surface area contributed by atoms with E-state index in [1.807, 2.05) is 18.2 Å². The van der Waals surface area contributed by atoms with Crippen LogP contribution in [0.3, 0.4) is 0 Å². The van der Waals surface area contributed by atoms with E-state index in [0.717, 1.165) is 31.6 Å². The van der Waals surface area contributed by atoms with Crippen molar-refractivity contribution in [1.29, 1.82) is 0 Å². The summed E-state index contributed by atoms with van der Waals surface area (Å²) in [5.41, 5.74) is 1.30. The van der Waals surface area contributed by atoms with E-state index in [1.54, 1.807) is 0 Å². The van der Waals surface area contributed by atoms with E-state index in [4.69, 9.17) is 4.43 Å². The predicted octanol–water partition coefficient (Wildman–Crippen LogP) is 4.38. The van der Waals surface area contributed by atoms with Crippen molar-refractivity contribution < 1.29 is 14.3 Å². The Morgan fingerprint density at radius 1 is 1.24 bits per heavy atom. The monoisotopic (exact) mass is 363 g/mol. The van der Waals surface area contributed by atoms with Gasteiger partial charge >= 0.3 is 5.97 Å². The number of rotatable bonds is 9. The van der Waals surface area contributed by atoms with Crippen molar-refractivity contribution in [3.05, 3.63) is 35.9 Å². The Bertz CT molecular complexity index is 576. The number of nitrogens with zero attached hydrogens (tertiary/aromatic N) is 1. The van der Waals surface area contributed by atoms with Crippen LogP contribution in [-0.2, 0) is 15.8 Å². The number of hydrogen-bond acceptors (Lipinski definition) is 3. The first kappa shape index (κ1) is 20.1. The smallest absolute Gasteiger partial charge is 0.317 e. The van der Waals surface area contributed by atoms with E-state index < -0.39 is 14.3 Å². The van der Waals surface area contributed by atoms with Crippen LogP contribution in [0, 0.1) is 5.41 Å². The highest BCUT2D eigenvalue weighted by Crippen LogP contribution is 2.48. The van der Waals surface area contributed by atoms with Gasteiger partial charge < -0.3 is 9.53 Å². The molecule has 1 fully saturated rings. The minimum Gasteiger partial charge on any atom is -0.480 e. The first-order valence-electron chi connectivity index (χ1n) is 9.15. The summed E-state index contributed by atoms with van der Waals surface area (Å²) in [6.45, 7) is 13.6. The molecular weight excluding hydrogens is 330 g/mol. The zero-order valence-corrected chi connectivity index (χ0v) is 17.3. The van der Waals surface area contributed by atoms with Gasteiger partial charge in [-0.25, -0.2) is 0 Å². The van der Waals surface area contributed by atoms with Crippen LogP contribution in [0.15, 0.2) is 30.3 Å². The highest BCUT2D eigenvalue weighted by atomic mass is 28.4. The Morgan fingerprint density at radius 3 is 2.32 bits per heavy atom. The predicted molar refractivity (Wildman–Crippen MR) is 104 cm³/mol. The van der Waals surface area contributed by atoms with Crippen molar-refractivity contribution in [2.45, 2.75) is 58.3 Å². The fourth-order valence-electron chi connectivity index (χ4n) is 2.75. The van der Waals surface area contributed by atoms with Gasteiger partial charge in [0.2, 0.25) is 0 Å². The Morgan fingerprint density at radius 2 is 1.84 bits per heavy atom. The topological polar surface area (TPSA) is 49.8 Å². The first-order chi connectivity index (χ1) is 11.5. The van der Waals surface area contributed by atoms with Crippen molar-refractivity contribution in [2.24, 2.45) is 5.41 Å². The molecule has 0 atom stereocenters. The molecule has 1 aliphatic rings. The van der Waals surface area contributed by atoms with Crippen LogP contribution in [-0.4, -0.2) is 44.0 Å². The lowest BCUT2D eigenvalue weighted by Gasteiger charge is -2.38. The molecule has 0 bridgehead atoms. The Labute approximate surface area is 153 Å². The van der Waals surface area contributed by atoms with Gasteiger partial charge in [-0.15, -0.1) is 0 Å². The third-order valence-corrected chi connectivity index (χ3v) is 10.1. The van der Waals surface area contributed by atoms with Gasteiger partial charge in [-0.3, -0.25) is 9.69 Å². The maximum atomic E-state index is 11.3. The molecule has 1 aromatic carbocycles. The van der Waals surface area contributed by atoms with E-state index in [2.05, 4.69) is 50.9 Å². The molecule has 1 N–H and O–H groups in total. The van der Waals surface area contributed by atoms with Crippen molar-refractivity contribution >= 4 is 14.3 Å². The summed E-state index contributed by atoms with van der Waals surface area (Å²) in [5.74, 6) is -0.767. The van der Waals surface area contributed by atoms with Crippen LogP contribution in [0.1, 0.15) is 39.2 Å². The summed E-state index contributed by atoms with van der Waals surface area (Å²) >= 11 is 0. The molecule has 0 aromatic heterocycles. The first-order valence-corrected chi connectivity index (χ1v) is 12.1. The van der Waals surface area contributed by atoms with Crippen LogP contribution >= 0.6 is 0 Å². The lowest BCUT2D eigenvalue weighted by Crippen LogP contribution is -2.44. The second-order valence-corrected chi connectivity index (χ2v) is 13.9. The molecule has 0 radical (unpaired) electrons. The average molecular weight is 364 g/mol. The fourth-order valence-corrected chi connectivity index (χ4v) is 3.85. The number of carboxylic acids is 1. The normalized spacial score (nSPS) is 16.9. The number of carbonyl (C=O) groups is 1. The number of benzene rings is 1. The van der Waals surface area contributed by atoms with E-state index in [9.17, 15) is 9.90 Å². The van der Waals surface area contributed by atoms with E-state index >= 15 is 0 Å². The van der Waals surface area contributed by atoms with Gasteiger partial charge in [-0.2, -0.15) is 0 Å². The van der Waals surface area contributed by atoms with Crippen LogP contribution in [0.2, 0.25) is 18.1 Å². The molecule has 2 rings (SSSR count). The molecule has 1 aromatic rings. The van der Waals surface area contributed by atoms with E-state index in [1.165, 1.54) is 0 Å². The lowest BCUT2D eigenvalue weighted by molar-refractivity contribution is -0.138. The Kier molecular flexibility index (Phi) is 6.12.